The Morgan fingerprint density at radius 1 is 1.47 bits per heavy atom. The van der Waals surface area contributed by atoms with Crippen LogP contribution in [0.4, 0.5) is 10.5 Å². The molecule has 3 N–H and O–H groups in total. The van der Waals surface area contributed by atoms with Crippen LogP contribution in [0.2, 0.25) is 0 Å². The first-order chi connectivity index (χ1) is 9.06. The van der Waals surface area contributed by atoms with Crippen LogP contribution in [0.1, 0.15) is 40.0 Å². The molecule has 1 heterocycles. The van der Waals surface area contributed by atoms with E-state index in [4.69, 9.17) is 0 Å². The third kappa shape index (κ3) is 3.72. The largest absolute Gasteiger partial charge is 0.335 e. The van der Waals surface area contributed by atoms with Crippen molar-refractivity contribution in [1.82, 2.24) is 15.5 Å². The quantitative estimate of drug-likeness (QED) is 0.785. The Bertz CT molecular complexity index is 402. The minimum Gasteiger partial charge on any atom is -0.335 e. The predicted octanol–water partition coefficient (Wildman–Crippen LogP) is 2.99. The molecule has 0 aromatic carbocycles. The van der Waals surface area contributed by atoms with E-state index in [1.165, 1.54) is 12.8 Å². The number of aromatic amines is 1. The number of hydrogen-bond donors (Lipinski definition) is 3. The van der Waals surface area contributed by atoms with Gasteiger partial charge < -0.3 is 10.6 Å². The second-order valence-electron chi connectivity index (χ2n) is 6.02. The summed E-state index contributed by atoms with van der Waals surface area (Å²) in [7, 11) is 0. The lowest BCUT2D eigenvalue weighted by Gasteiger charge is -2.37. The Kier molecular flexibility index (Phi) is 4.45. The molecule has 0 saturated heterocycles. The molecule has 0 spiro atoms. The zero-order valence-corrected chi connectivity index (χ0v) is 11.9. The van der Waals surface area contributed by atoms with E-state index in [0.29, 0.717) is 23.4 Å². The zero-order chi connectivity index (χ0) is 13.8. The molecule has 106 valence electrons. The number of hydrogen-bond acceptors (Lipinski definition) is 2. The molecule has 1 aromatic rings. The van der Waals surface area contributed by atoms with Crippen LogP contribution in [0, 0.1) is 17.8 Å². The topological polar surface area (TPSA) is 69.8 Å². The molecule has 5 nitrogen and oxygen atoms in total. The summed E-state index contributed by atoms with van der Waals surface area (Å²) in [5.74, 6) is 1.87. The number of nitrogens with zero attached hydrogens (tertiary/aromatic N) is 1. The monoisotopic (exact) mass is 264 g/mol. The molecule has 2 rings (SSSR count). The van der Waals surface area contributed by atoms with Crippen molar-refractivity contribution in [3.63, 3.8) is 0 Å². The Labute approximate surface area is 114 Å². The molecule has 0 bridgehead atoms. The molecule has 1 fully saturated rings. The van der Waals surface area contributed by atoms with Crippen molar-refractivity contribution >= 4 is 11.7 Å². The second-order valence-corrected chi connectivity index (χ2v) is 6.02. The third-order valence-electron chi connectivity index (χ3n) is 4.09. The van der Waals surface area contributed by atoms with Crippen LogP contribution < -0.4 is 10.6 Å². The highest BCUT2D eigenvalue weighted by atomic mass is 16.2. The summed E-state index contributed by atoms with van der Waals surface area (Å²) >= 11 is 0. The van der Waals surface area contributed by atoms with Gasteiger partial charge in [-0.15, -0.1) is 0 Å². The van der Waals surface area contributed by atoms with Gasteiger partial charge in [-0.3, -0.25) is 5.10 Å². The van der Waals surface area contributed by atoms with Gasteiger partial charge in [0, 0.05) is 12.2 Å². The Morgan fingerprint density at radius 2 is 2.26 bits per heavy atom. The van der Waals surface area contributed by atoms with Crippen molar-refractivity contribution in [2.45, 2.75) is 46.1 Å². The van der Waals surface area contributed by atoms with E-state index in [-0.39, 0.29) is 12.1 Å². The van der Waals surface area contributed by atoms with Crippen LogP contribution in [-0.2, 0) is 0 Å². The number of amides is 2. The summed E-state index contributed by atoms with van der Waals surface area (Å²) in [5, 5.41) is 12.4. The summed E-state index contributed by atoms with van der Waals surface area (Å²) in [6.07, 6.45) is 6.81. The third-order valence-corrected chi connectivity index (χ3v) is 4.09. The SMILES string of the molecule is CC1CCC(C(C)C)C(NC(=O)Nc2cn[nH]c2)C1. The highest BCUT2D eigenvalue weighted by Crippen LogP contribution is 2.33. The fourth-order valence-electron chi connectivity index (χ4n) is 3.02. The van der Waals surface area contributed by atoms with Gasteiger partial charge in [-0.25, -0.2) is 4.79 Å². The Balaban J connectivity index is 1.92. The van der Waals surface area contributed by atoms with Crippen molar-refractivity contribution in [3.8, 4) is 0 Å². The first-order valence-corrected chi connectivity index (χ1v) is 7.12. The van der Waals surface area contributed by atoms with E-state index in [1.54, 1.807) is 12.4 Å². The van der Waals surface area contributed by atoms with Crippen molar-refractivity contribution < 1.29 is 4.79 Å². The Hall–Kier alpha value is -1.52. The fourth-order valence-corrected chi connectivity index (χ4v) is 3.02. The van der Waals surface area contributed by atoms with Crippen LogP contribution in [0.25, 0.3) is 0 Å². The first-order valence-electron chi connectivity index (χ1n) is 7.12. The van der Waals surface area contributed by atoms with E-state index < -0.39 is 0 Å². The van der Waals surface area contributed by atoms with Gasteiger partial charge in [-0.2, -0.15) is 5.10 Å². The van der Waals surface area contributed by atoms with Crippen molar-refractivity contribution in [3.05, 3.63) is 12.4 Å². The summed E-state index contributed by atoms with van der Waals surface area (Å²) in [6.45, 7) is 6.74. The molecule has 19 heavy (non-hydrogen) atoms. The minimum atomic E-state index is -0.133. The summed E-state index contributed by atoms with van der Waals surface area (Å²) in [6, 6.07) is 0.141. The number of anilines is 1. The van der Waals surface area contributed by atoms with Gasteiger partial charge in [-0.1, -0.05) is 27.2 Å². The standard InChI is InChI=1S/C14H24N4O/c1-9(2)12-5-4-10(3)6-13(12)18-14(19)17-11-7-15-16-8-11/h7-10,12-13H,4-6H2,1-3H3,(H,15,16)(H2,17,18,19). The maximum absolute atomic E-state index is 12.0. The average molecular weight is 264 g/mol. The van der Waals surface area contributed by atoms with Crippen LogP contribution in [0.3, 0.4) is 0 Å². The number of urea groups is 1. The maximum Gasteiger partial charge on any atom is 0.319 e. The van der Waals surface area contributed by atoms with Gasteiger partial charge in [0.25, 0.3) is 0 Å². The van der Waals surface area contributed by atoms with Crippen molar-refractivity contribution in [2.24, 2.45) is 17.8 Å². The van der Waals surface area contributed by atoms with Gasteiger partial charge in [0.2, 0.25) is 0 Å². The molecule has 5 heteroatoms. The molecule has 1 aliphatic carbocycles. The highest BCUT2D eigenvalue weighted by molar-refractivity contribution is 5.89. The molecule has 0 radical (unpaired) electrons. The predicted molar refractivity (Wildman–Crippen MR) is 75.9 cm³/mol. The minimum absolute atomic E-state index is 0.133. The lowest BCUT2D eigenvalue weighted by molar-refractivity contribution is 0.172. The first kappa shape index (κ1) is 13.9. The van der Waals surface area contributed by atoms with Crippen molar-refractivity contribution in [2.75, 3.05) is 5.32 Å². The number of aromatic nitrogens is 2. The molecular formula is C14H24N4O. The number of carbonyl (C=O) groups excluding carboxylic acids is 1. The maximum atomic E-state index is 12.0. The number of H-pyrrole nitrogens is 1. The lowest BCUT2D eigenvalue weighted by Crippen LogP contribution is -2.47. The van der Waals surface area contributed by atoms with Gasteiger partial charge in [0.15, 0.2) is 0 Å². The van der Waals surface area contributed by atoms with E-state index in [9.17, 15) is 4.79 Å². The number of nitrogens with one attached hydrogen (secondary N) is 3. The average Bonchev–Trinajstić information content (AvgIpc) is 2.81. The van der Waals surface area contributed by atoms with Gasteiger partial charge in [0.1, 0.15) is 0 Å². The second kappa shape index (κ2) is 6.08. The van der Waals surface area contributed by atoms with Gasteiger partial charge in [-0.05, 0) is 30.6 Å². The summed E-state index contributed by atoms with van der Waals surface area (Å²) in [4.78, 5) is 12.0. The molecule has 1 aromatic heterocycles. The Morgan fingerprint density at radius 3 is 2.89 bits per heavy atom. The molecule has 0 aliphatic heterocycles. The molecule has 2 amide bonds. The molecule has 3 unspecified atom stereocenters. The van der Waals surface area contributed by atoms with E-state index >= 15 is 0 Å². The van der Waals surface area contributed by atoms with Gasteiger partial charge in [0.05, 0.1) is 11.9 Å². The zero-order valence-electron chi connectivity index (χ0n) is 11.9. The van der Waals surface area contributed by atoms with Crippen LogP contribution in [0.15, 0.2) is 12.4 Å². The number of rotatable bonds is 3. The van der Waals surface area contributed by atoms with E-state index in [1.807, 2.05) is 0 Å². The van der Waals surface area contributed by atoms with Crippen molar-refractivity contribution in [1.29, 1.82) is 0 Å². The van der Waals surface area contributed by atoms with Crippen LogP contribution in [0.5, 0.6) is 0 Å². The summed E-state index contributed by atoms with van der Waals surface area (Å²) < 4.78 is 0. The van der Waals surface area contributed by atoms with Crippen LogP contribution in [-0.4, -0.2) is 22.3 Å². The van der Waals surface area contributed by atoms with E-state index in [2.05, 4.69) is 41.6 Å². The van der Waals surface area contributed by atoms with Gasteiger partial charge >= 0.3 is 6.03 Å². The summed E-state index contributed by atoms with van der Waals surface area (Å²) in [5.41, 5.74) is 0.697. The number of carbonyl (C=O) groups is 1. The highest BCUT2D eigenvalue weighted by Gasteiger charge is 2.31. The normalized spacial score (nSPS) is 27.3. The smallest absolute Gasteiger partial charge is 0.319 e. The molecule has 3 atom stereocenters. The lowest BCUT2D eigenvalue weighted by atomic mass is 9.74. The molecule has 1 saturated carbocycles. The van der Waals surface area contributed by atoms with E-state index in [0.717, 1.165) is 6.42 Å². The fraction of sp³-hybridized carbons (Fsp3) is 0.714. The molecule has 1 aliphatic rings. The van der Waals surface area contributed by atoms with Crippen LogP contribution >= 0.6 is 0 Å². The molecular weight excluding hydrogens is 240 g/mol.